The topological polar surface area (TPSA) is 73.6 Å². The molecule has 3 rings (SSSR count). The number of nitrogens with one attached hydrogen (secondary N) is 1. The smallest absolute Gasteiger partial charge is 0.290 e. The summed E-state index contributed by atoms with van der Waals surface area (Å²) in [6.07, 6.45) is 0.391. The molecule has 1 aromatic carbocycles. The average molecular weight is 266 g/mol. The first kappa shape index (κ1) is 12.5. The van der Waals surface area contributed by atoms with Crippen LogP contribution in [0.2, 0.25) is 0 Å². The van der Waals surface area contributed by atoms with Crippen LogP contribution >= 0.6 is 0 Å². The number of ether oxygens (including phenoxy) is 2. The summed E-state index contributed by atoms with van der Waals surface area (Å²) in [5, 5.41) is 2.70. The Hall–Kier alpha value is -1.50. The molecule has 1 amide bonds. The Labute approximate surface area is 109 Å². The van der Waals surface area contributed by atoms with Crippen molar-refractivity contribution in [1.29, 1.82) is 0 Å². The Morgan fingerprint density at radius 1 is 1.42 bits per heavy atom. The summed E-state index contributed by atoms with van der Waals surface area (Å²) in [6.45, 7) is -0.353. The number of para-hydroxylation sites is 1. The molecule has 1 aromatic rings. The van der Waals surface area contributed by atoms with Gasteiger partial charge in [-0.05, 0) is 6.07 Å². The van der Waals surface area contributed by atoms with Crippen molar-refractivity contribution in [2.75, 3.05) is 18.6 Å². The van der Waals surface area contributed by atoms with E-state index in [2.05, 4.69) is 5.32 Å². The second kappa shape index (κ2) is 4.26. The molecule has 0 aliphatic carbocycles. The number of hydrogen-bond donors (Lipinski definition) is 2. The van der Waals surface area contributed by atoms with Crippen molar-refractivity contribution in [2.45, 2.75) is 24.4 Å². The number of nitrogens with two attached hydrogens (primary N) is 1. The van der Waals surface area contributed by atoms with Crippen LogP contribution in [0.3, 0.4) is 0 Å². The zero-order valence-corrected chi connectivity index (χ0v) is 10.3. The number of fused-ring (bicyclic) bond motifs is 2. The van der Waals surface area contributed by atoms with Gasteiger partial charge in [0, 0.05) is 18.4 Å². The summed E-state index contributed by atoms with van der Waals surface area (Å²) >= 11 is 0. The Bertz CT molecular complexity index is 520. The molecule has 0 bridgehead atoms. The molecule has 0 saturated carbocycles. The quantitative estimate of drug-likeness (QED) is 0.844. The van der Waals surface area contributed by atoms with Crippen molar-refractivity contribution in [2.24, 2.45) is 5.73 Å². The third-order valence-electron chi connectivity index (χ3n) is 3.52. The summed E-state index contributed by atoms with van der Waals surface area (Å²) < 4.78 is 23.9. The normalized spacial score (nSPS) is 33.3. The van der Waals surface area contributed by atoms with E-state index < -0.39 is 24.1 Å². The van der Waals surface area contributed by atoms with Gasteiger partial charge in [-0.3, -0.25) is 9.18 Å². The van der Waals surface area contributed by atoms with Crippen molar-refractivity contribution in [3.8, 4) is 0 Å². The van der Waals surface area contributed by atoms with Gasteiger partial charge in [0.05, 0.1) is 19.0 Å². The van der Waals surface area contributed by atoms with Gasteiger partial charge in [-0.2, -0.15) is 0 Å². The Balaban J connectivity index is 2.01. The van der Waals surface area contributed by atoms with Gasteiger partial charge in [0.25, 0.3) is 11.7 Å². The molecule has 1 fully saturated rings. The number of benzene rings is 1. The highest BCUT2D eigenvalue weighted by Gasteiger charge is 2.55. The second-order valence-electron chi connectivity index (χ2n) is 4.82. The number of rotatable bonds is 2. The Kier molecular flexibility index (Phi) is 2.81. The van der Waals surface area contributed by atoms with E-state index in [0.29, 0.717) is 17.7 Å². The molecule has 0 aromatic heterocycles. The largest absolute Gasteiger partial charge is 0.338 e. The van der Waals surface area contributed by atoms with Crippen LogP contribution in [0, 0.1) is 0 Å². The number of carbonyl (C=O) groups is 1. The molecule has 1 saturated heterocycles. The number of carbonyl (C=O) groups excluding carboxylic acids is 1. The molecule has 1 spiro atoms. The van der Waals surface area contributed by atoms with Crippen molar-refractivity contribution < 1.29 is 18.7 Å². The lowest BCUT2D eigenvalue weighted by molar-refractivity contribution is -0.314. The van der Waals surface area contributed by atoms with Crippen LogP contribution < -0.4 is 11.1 Å². The zero-order valence-electron chi connectivity index (χ0n) is 10.3. The van der Waals surface area contributed by atoms with Gasteiger partial charge >= 0.3 is 0 Å². The van der Waals surface area contributed by atoms with Crippen LogP contribution in [0.15, 0.2) is 24.3 Å². The number of halogens is 1. The van der Waals surface area contributed by atoms with Crippen molar-refractivity contribution in [1.82, 2.24) is 0 Å². The molecule has 1 unspecified atom stereocenters. The van der Waals surface area contributed by atoms with Gasteiger partial charge in [-0.25, -0.2) is 0 Å². The minimum Gasteiger partial charge on any atom is -0.338 e. The predicted molar refractivity (Wildman–Crippen MR) is 65.9 cm³/mol. The lowest BCUT2D eigenvalue weighted by Gasteiger charge is -2.42. The van der Waals surface area contributed by atoms with Crippen molar-refractivity contribution >= 4 is 11.6 Å². The minimum absolute atomic E-state index is 0.0353. The number of anilines is 1. The van der Waals surface area contributed by atoms with E-state index in [4.69, 9.17) is 15.2 Å². The molecule has 5 nitrogen and oxygen atoms in total. The van der Waals surface area contributed by atoms with Gasteiger partial charge in [0.1, 0.15) is 5.72 Å². The molecular formula is C13H15FN2O3. The van der Waals surface area contributed by atoms with Crippen LogP contribution in [0.4, 0.5) is 10.1 Å². The van der Waals surface area contributed by atoms with Gasteiger partial charge in [0.15, 0.2) is 0 Å². The van der Waals surface area contributed by atoms with E-state index in [1.807, 2.05) is 0 Å². The molecule has 2 heterocycles. The SMILES string of the molecule is NC1(CCF)CCO[C@]2(O1)C(=O)Nc1ccccc12. The van der Waals surface area contributed by atoms with Crippen LogP contribution in [0.1, 0.15) is 18.4 Å². The van der Waals surface area contributed by atoms with Gasteiger partial charge in [0.2, 0.25) is 0 Å². The fourth-order valence-corrected chi connectivity index (χ4v) is 2.52. The average Bonchev–Trinajstić information content (AvgIpc) is 2.63. The van der Waals surface area contributed by atoms with Gasteiger partial charge < -0.3 is 20.5 Å². The molecule has 102 valence electrons. The zero-order chi connectivity index (χ0) is 13.5. The van der Waals surface area contributed by atoms with Crippen LogP contribution in [0.25, 0.3) is 0 Å². The lowest BCUT2D eigenvalue weighted by atomic mass is 10.0. The lowest BCUT2D eigenvalue weighted by Crippen LogP contribution is -2.58. The van der Waals surface area contributed by atoms with E-state index in [0.717, 1.165) is 0 Å². The molecule has 6 heteroatoms. The van der Waals surface area contributed by atoms with E-state index >= 15 is 0 Å². The molecule has 2 aliphatic rings. The second-order valence-corrected chi connectivity index (χ2v) is 4.82. The van der Waals surface area contributed by atoms with E-state index in [9.17, 15) is 9.18 Å². The van der Waals surface area contributed by atoms with Crippen LogP contribution in [-0.2, 0) is 20.1 Å². The van der Waals surface area contributed by atoms with Crippen LogP contribution in [0.5, 0.6) is 0 Å². The van der Waals surface area contributed by atoms with E-state index in [1.54, 1.807) is 24.3 Å². The maximum absolute atomic E-state index is 12.6. The van der Waals surface area contributed by atoms with E-state index in [-0.39, 0.29) is 13.0 Å². The van der Waals surface area contributed by atoms with Crippen LogP contribution in [-0.4, -0.2) is 24.9 Å². The van der Waals surface area contributed by atoms with E-state index in [1.165, 1.54) is 0 Å². The number of hydrogen-bond acceptors (Lipinski definition) is 4. The molecule has 0 radical (unpaired) electrons. The minimum atomic E-state index is -1.54. The predicted octanol–water partition coefficient (Wildman–Crippen LogP) is 1.24. The first-order valence-electron chi connectivity index (χ1n) is 6.20. The standard InChI is InChI=1S/C13H15FN2O3/c14-7-5-12(15)6-8-18-13(19-12)9-3-1-2-4-10(9)16-11(13)17/h1-4H,5-8,15H2,(H,16,17)/t12?,13-/m1/s1. The highest BCUT2D eigenvalue weighted by molar-refractivity contribution is 6.04. The maximum Gasteiger partial charge on any atom is 0.290 e. The summed E-state index contributed by atoms with van der Waals surface area (Å²) in [4.78, 5) is 12.2. The third-order valence-corrected chi connectivity index (χ3v) is 3.52. The fourth-order valence-electron chi connectivity index (χ4n) is 2.52. The Morgan fingerprint density at radius 3 is 3.00 bits per heavy atom. The highest BCUT2D eigenvalue weighted by Crippen LogP contribution is 2.45. The van der Waals surface area contributed by atoms with Crippen molar-refractivity contribution in [3.05, 3.63) is 29.8 Å². The summed E-state index contributed by atoms with van der Waals surface area (Å²) in [5.41, 5.74) is 6.07. The summed E-state index contributed by atoms with van der Waals surface area (Å²) in [5.74, 6) is -1.96. The monoisotopic (exact) mass is 266 g/mol. The maximum atomic E-state index is 12.6. The van der Waals surface area contributed by atoms with Gasteiger partial charge in [-0.1, -0.05) is 18.2 Å². The summed E-state index contributed by atoms with van der Waals surface area (Å²) in [7, 11) is 0. The first-order chi connectivity index (χ1) is 9.10. The first-order valence-corrected chi connectivity index (χ1v) is 6.20. The molecule has 2 atom stereocenters. The summed E-state index contributed by atoms with van der Waals surface area (Å²) in [6, 6.07) is 7.10. The fraction of sp³-hybridized carbons (Fsp3) is 0.462. The molecule has 19 heavy (non-hydrogen) atoms. The molecule has 3 N–H and O–H groups in total. The van der Waals surface area contributed by atoms with Gasteiger partial charge in [-0.15, -0.1) is 0 Å². The molecule has 2 aliphatic heterocycles. The number of amides is 1. The number of alkyl halides is 1. The Morgan fingerprint density at radius 2 is 2.21 bits per heavy atom. The highest BCUT2D eigenvalue weighted by atomic mass is 19.1. The molecular weight excluding hydrogens is 251 g/mol. The van der Waals surface area contributed by atoms with Crippen molar-refractivity contribution in [3.63, 3.8) is 0 Å². The third kappa shape index (κ3) is 1.83.